The van der Waals surface area contributed by atoms with Gasteiger partial charge in [0.1, 0.15) is 17.4 Å². The Kier molecular flexibility index (Phi) is 7.76. The molecule has 0 aromatic heterocycles. The van der Waals surface area contributed by atoms with Crippen molar-refractivity contribution in [3.63, 3.8) is 0 Å². The fourth-order valence-electron chi connectivity index (χ4n) is 2.49. The molecular formula is C18H24N4O3. The largest absolute Gasteiger partial charge is 0.495 e. The first kappa shape index (κ1) is 18.8. The molecule has 7 heteroatoms. The van der Waals surface area contributed by atoms with Crippen LogP contribution in [0.25, 0.3) is 0 Å². The van der Waals surface area contributed by atoms with Gasteiger partial charge >= 0.3 is 0 Å². The minimum atomic E-state index is -0.465. The van der Waals surface area contributed by atoms with E-state index in [1.165, 1.54) is 13.3 Å². The van der Waals surface area contributed by atoms with E-state index in [4.69, 9.17) is 9.47 Å². The van der Waals surface area contributed by atoms with Crippen LogP contribution < -0.4 is 15.4 Å². The summed E-state index contributed by atoms with van der Waals surface area (Å²) in [5, 5.41) is 14.9. The summed E-state index contributed by atoms with van der Waals surface area (Å²) in [5.41, 5.74) is 0.556. The van der Waals surface area contributed by atoms with Crippen LogP contribution in [0.4, 0.5) is 5.69 Å². The monoisotopic (exact) mass is 344 g/mol. The van der Waals surface area contributed by atoms with Crippen molar-refractivity contribution in [3.8, 4) is 11.8 Å². The summed E-state index contributed by atoms with van der Waals surface area (Å²) >= 11 is 0. The van der Waals surface area contributed by atoms with Crippen molar-refractivity contribution in [2.75, 3.05) is 51.8 Å². The summed E-state index contributed by atoms with van der Waals surface area (Å²) in [7, 11) is 1.53. The highest BCUT2D eigenvalue weighted by Gasteiger charge is 2.12. The Balaban J connectivity index is 1.78. The zero-order valence-corrected chi connectivity index (χ0v) is 14.5. The maximum atomic E-state index is 12.2. The third kappa shape index (κ3) is 6.10. The van der Waals surface area contributed by atoms with Crippen LogP contribution in [0.5, 0.6) is 5.75 Å². The quantitative estimate of drug-likeness (QED) is 0.421. The van der Waals surface area contributed by atoms with Gasteiger partial charge in [-0.1, -0.05) is 12.1 Å². The van der Waals surface area contributed by atoms with Gasteiger partial charge in [-0.05, 0) is 25.1 Å². The topological polar surface area (TPSA) is 86.6 Å². The summed E-state index contributed by atoms with van der Waals surface area (Å²) < 4.78 is 10.5. The van der Waals surface area contributed by atoms with E-state index in [9.17, 15) is 10.1 Å². The predicted octanol–water partition coefficient (Wildman–Crippen LogP) is 1.35. The van der Waals surface area contributed by atoms with Crippen LogP contribution in [0, 0.1) is 11.3 Å². The van der Waals surface area contributed by atoms with Crippen molar-refractivity contribution >= 4 is 11.6 Å². The van der Waals surface area contributed by atoms with E-state index >= 15 is 0 Å². The van der Waals surface area contributed by atoms with Gasteiger partial charge in [-0.25, -0.2) is 0 Å². The molecule has 7 nitrogen and oxygen atoms in total. The molecule has 1 amide bonds. The van der Waals surface area contributed by atoms with E-state index < -0.39 is 5.91 Å². The molecule has 1 aliphatic rings. The molecule has 134 valence electrons. The zero-order valence-electron chi connectivity index (χ0n) is 14.5. The molecule has 0 aliphatic carbocycles. The molecule has 1 fully saturated rings. The van der Waals surface area contributed by atoms with Crippen molar-refractivity contribution in [1.82, 2.24) is 10.2 Å². The van der Waals surface area contributed by atoms with E-state index in [0.717, 1.165) is 39.3 Å². The number of anilines is 1. The summed E-state index contributed by atoms with van der Waals surface area (Å²) in [6.07, 6.45) is 2.40. The van der Waals surface area contributed by atoms with Crippen LogP contribution in [0.15, 0.2) is 36.0 Å². The second kappa shape index (κ2) is 10.3. The molecule has 25 heavy (non-hydrogen) atoms. The van der Waals surface area contributed by atoms with Crippen LogP contribution in [0.3, 0.4) is 0 Å². The van der Waals surface area contributed by atoms with Gasteiger partial charge in [-0.3, -0.25) is 9.69 Å². The summed E-state index contributed by atoms with van der Waals surface area (Å²) in [5.74, 6) is 0.0827. The normalized spacial score (nSPS) is 15.3. The van der Waals surface area contributed by atoms with E-state index in [1.54, 1.807) is 18.2 Å². The average Bonchev–Trinajstić information content (AvgIpc) is 2.66. The SMILES string of the molecule is COc1ccccc1NC(=O)/C(C#N)=C\NCCCN1CCOCC1. The second-order valence-electron chi connectivity index (χ2n) is 5.59. The molecule has 1 heterocycles. The molecule has 1 aliphatic heterocycles. The van der Waals surface area contributed by atoms with Gasteiger partial charge in [-0.15, -0.1) is 0 Å². The number of nitrogens with zero attached hydrogens (tertiary/aromatic N) is 2. The number of amides is 1. The Morgan fingerprint density at radius 2 is 2.16 bits per heavy atom. The first-order valence-corrected chi connectivity index (χ1v) is 8.32. The molecule has 0 atom stereocenters. The predicted molar refractivity (Wildman–Crippen MR) is 95.2 cm³/mol. The van der Waals surface area contributed by atoms with Crippen LogP contribution in [0.1, 0.15) is 6.42 Å². The lowest BCUT2D eigenvalue weighted by Crippen LogP contribution is -2.37. The molecule has 1 aromatic rings. The molecule has 0 spiro atoms. The molecule has 2 rings (SSSR count). The lowest BCUT2D eigenvalue weighted by Gasteiger charge is -2.26. The molecule has 2 N–H and O–H groups in total. The minimum absolute atomic E-state index is 0.0253. The Morgan fingerprint density at radius 3 is 2.88 bits per heavy atom. The highest BCUT2D eigenvalue weighted by atomic mass is 16.5. The summed E-state index contributed by atoms with van der Waals surface area (Å²) in [4.78, 5) is 14.5. The smallest absolute Gasteiger partial charge is 0.267 e. The van der Waals surface area contributed by atoms with Gasteiger partial charge in [0.05, 0.1) is 26.0 Å². The Morgan fingerprint density at radius 1 is 1.40 bits per heavy atom. The molecule has 1 saturated heterocycles. The van der Waals surface area contributed by atoms with E-state index in [0.29, 0.717) is 18.0 Å². The number of carbonyl (C=O) groups is 1. The number of para-hydroxylation sites is 2. The lowest BCUT2D eigenvalue weighted by molar-refractivity contribution is -0.112. The number of hydrogen-bond acceptors (Lipinski definition) is 6. The fraction of sp³-hybridized carbons (Fsp3) is 0.444. The van der Waals surface area contributed by atoms with Crippen LogP contribution in [-0.2, 0) is 9.53 Å². The number of hydrogen-bond donors (Lipinski definition) is 2. The molecule has 0 radical (unpaired) electrons. The highest BCUT2D eigenvalue weighted by Crippen LogP contribution is 2.23. The number of carbonyl (C=O) groups excluding carboxylic acids is 1. The van der Waals surface area contributed by atoms with Gasteiger partial charge < -0.3 is 20.1 Å². The van der Waals surface area contributed by atoms with Gasteiger partial charge in [0.15, 0.2) is 0 Å². The highest BCUT2D eigenvalue weighted by molar-refractivity contribution is 6.07. The molecule has 0 saturated carbocycles. The summed E-state index contributed by atoms with van der Waals surface area (Å²) in [6, 6.07) is 8.99. The van der Waals surface area contributed by atoms with Gasteiger partial charge in [0.25, 0.3) is 5.91 Å². The minimum Gasteiger partial charge on any atom is -0.495 e. The standard InChI is InChI=1S/C18H24N4O3/c1-24-17-6-3-2-5-16(17)21-18(23)15(13-19)14-20-7-4-8-22-9-11-25-12-10-22/h2-3,5-6,14,20H,4,7-12H2,1H3,(H,21,23)/b15-14-. The summed E-state index contributed by atoms with van der Waals surface area (Å²) in [6.45, 7) is 5.16. The van der Waals surface area contributed by atoms with E-state index in [-0.39, 0.29) is 5.57 Å². The molecule has 0 bridgehead atoms. The fourth-order valence-corrected chi connectivity index (χ4v) is 2.49. The maximum Gasteiger partial charge on any atom is 0.267 e. The van der Waals surface area contributed by atoms with Crippen molar-refractivity contribution in [3.05, 3.63) is 36.0 Å². The van der Waals surface area contributed by atoms with Gasteiger partial charge in [0.2, 0.25) is 0 Å². The Hall–Kier alpha value is -2.56. The van der Waals surface area contributed by atoms with Crippen molar-refractivity contribution in [1.29, 1.82) is 5.26 Å². The molecular weight excluding hydrogens is 320 g/mol. The number of morpholine rings is 1. The molecule has 1 aromatic carbocycles. The first-order chi connectivity index (χ1) is 12.2. The zero-order chi connectivity index (χ0) is 17.9. The first-order valence-electron chi connectivity index (χ1n) is 8.32. The Labute approximate surface area is 148 Å². The van der Waals surface area contributed by atoms with E-state index in [1.807, 2.05) is 12.1 Å². The van der Waals surface area contributed by atoms with E-state index in [2.05, 4.69) is 15.5 Å². The number of benzene rings is 1. The van der Waals surface area contributed by atoms with Crippen molar-refractivity contribution < 1.29 is 14.3 Å². The maximum absolute atomic E-state index is 12.2. The van der Waals surface area contributed by atoms with Crippen LogP contribution >= 0.6 is 0 Å². The van der Waals surface area contributed by atoms with Crippen LogP contribution in [-0.4, -0.2) is 57.3 Å². The number of nitriles is 1. The van der Waals surface area contributed by atoms with Crippen molar-refractivity contribution in [2.24, 2.45) is 0 Å². The Bertz CT molecular complexity index is 633. The number of nitrogens with one attached hydrogen (secondary N) is 2. The van der Waals surface area contributed by atoms with Crippen LogP contribution in [0.2, 0.25) is 0 Å². The number of rotatable bonds is 8. The third-order valence-corrected chi connectivity index (χ3v) is 3.87. The number of ether oxygens (including phenoxy) is 2. The van der Waals surface area contributed by atoms with Gasteiger partial charge in [0, 0.05) is 25.8 Å². The molecule has 0 unspecified atom stereocenters. The second-order valence-corrected chi connectivity index (χ2v) is 5.59. The number of methoxy groups -OCH3 is 1. The average molecular weight is 344 g/mol. The lowest BCUT2D eigenvalue weighted by atomic mass is 10.2. The van der Waals surface area contributed by atoms with Gasteiger partial charge in [-0.2, -0.15) is 5.26 Å². The third-order valence-electron chi connectivity index (χ3n) is 3.87. The van der Waals surface area contributed by atoms with Crippen molar-refractivity contribution in [2.45, 2.75) is 6.42 Å².